The van der Waals surface area contributed by atoms with Gasteiger partial charge in [0.2, 0.25) is 5.82 Å². The summed E-state index contributed by atoms with van der Waals surface area (Å²) in [6, 6.07) is 2.85. The molecule has 8 heteroatoms. The van der Waals surface area contributed by atoms with Gasteiger partial charge in [-0.1, -0.05) is 6.92 Å². The first-order chi connectivity index (χ1) is 9.53. The first-order valence-electron chi connectivity index (χ1n) is 5.89. The number of nitro groups is 1. The van der Waals surface area contributed by atoms with Crippen LogP contribution in [-0.2, 0) is 4.74 Å². The second-order valence-corrected chi connectivity index (χ2v) is 3.95. The van der Waals surface area contributed by atoms with Crippen LogP contribution in [-0.4, -0.2) is 29.0 Å². The van der Waals surface area contributed by atoms with Crippen LogP contribution in [0.5, 0.6) is 0 Å². The molecule has 0 aromatic carbocycles. The van der Waals surface area contributed by atoms with Gasteiger partial charge in [0, 0.05) is 18.3 Å². The van der Waals surface area contributed by atoms with Crippen LogP contribution >= 0.6 is 0 Å². The Morgan fingerprint density at radius 1 is 1.70 bits per heavy atom. The number of esters is 1. The van der Waals surface area contributed by atoms with E-state index in [1.807, 2.05) is 13.0 Å². The fourth-order valence-corrected chi connectivity index (χ4v) is 1.53. The molecule has 106 valence electrons. The summed E-state index contributed by atoms with van der Waals surface area (Å²) < 4.78 is 4.49. The van der Waals surface area contributed by atoms with Crippen molar-refractivity contribution in [3.8, 4) is 6.07 Å². The van der Waals surface area contributed by atoms with Gasteiger partial charge in [-0.2, -0.15) is 5.26 Å². The first-order valence-corrected chi connectivity index (χ1v) is 5.89. The van der Waals surface area contributed by atoms with E-state index in [9.17, 15) is 14.9 Å². The number of rotatable bonds is 6. The highest BCUT2D eigenvalue weighted by Gasteiger charge is 2.21. The number of pyridine rings is 1. The van der Waals surface area contributed by atoms with Crippen molar-refractivity contribution < 1.29 is 14.5 Å². The van der Waals surface area contributed by atoms with Crippen LogP contribution in [0.15, 0.2) is 12.3 Å². The van der Waals surface area contributed by atoms with Crippen LogP contribution in [0.2, 0.25) is 0 Å². The molecule has 0 fully saturated rings. The summed E-state index contributed by atoms with van der Waals surface area (Å²) in [5, 5.41) is 22.5. The Balaban J connectivity index is 3.11. The predicted octanol–water partition coefficient (Wildman–Crippen LogP) is 1.88. The van der Waals surface area contributed by atoms with E-state index < -0.39 is 10.9 Å². The predicted molar refractivity (Wildman–Crippen MR) is 70.2 cm³/mol. The smallest absolute Gasteiger partial charge is 0.339 e. The normalized spacial score (nSPS) is 11.2. The van der Waals surface area contributed by atoms with Crippen molar-refractivity contribution in [3.63, 3.8) is 0 Å². The lowest BCUT2D eigenvalue weighted by molar-refractivity contribution is -0.384. The van der Waals surface area contributed by atoms with Gasteiger partial charge in [0.1, 0.15) is 0 Å². The van der Waals surface area contributed by atoms with Crippen molar-refractivity contribution in [2.75, 3.05) is 12.4 Å². The number of hydrogen-bond acceptors (Lipinski definition) is 7. The maximum atomic E-state index is 11.3. The van der Waals surface area contributed by atoms with E-state index in [1.54, 1.807) is 0 Å². The molecule has 1 unspecified atom stereocenters. The average molecular weight is 278 g/mol. The van der Waals surface area contributed by atoms with Gasteiger partial charge in [0.25, 0.3) is 0 Å². The van der Waals surface area contributed by atoms with Gasteiger partial charge in [-0.3, -0.25) is 10.1 Å². The second kappa shape index (κ2) is 7.04. The molecule has 0 saturated carbocycles. The highest BCUT2D eigenvalue weighted by Crippen LogP contribution is 2.24. The van der Waals surface area contributed by atoms with Crippen LogP contribution in [0.4, 0.5) is 11.5 Å². The molecule has 0 aliphatic heterocycles. The third kappa shape index (κ3) is 3.65. The average Bonchev–Trinajstić information content (AvgIpc) is 2.45. The number of nitrogens with one attached hydrogen (secondary N) is 1. The molecule has 0 aliphatic carbocycles. The van der Waals surface area contributed by atoms with Crippen molar-refractivity contribution in [1.29, 1.82) is 5.26 Å². The molecule has 0 bridgehead atoms. The number of carbonyl (C=O) groups is 1. The molecule has 1 heterocycles. The van der Waals surface area contributed by atoms with Crippen molar-refractivity contribution in [1.82, 2.24) is 4.98 Å². The number of nitrogens with zero attached hydrogens (tertiary/aromatic N) is 3. The quantitative estimate of drug-likeness (QED) is 0.479. The summed E-state index contributed by atoms with van der Waals surface area (Å²) in [6.07, 6.45) is 2.01. The number of nitriles is 1. The van der Waals surface area contributed by atoms with Crippen LogP contribution in [0, 0.1) is 21.4 Å². The Hall–Kier alpha value is -2.69. The molecule has 1 N–H and O–H groups in total. The summed E-state index contributed by atoms with van der Waals surface area (Å²) >= 11 is 0. The zero-order chi connectivity index (χ0) is 15.1. The van der Waals surface area contributed by atoms with Crippen molar-refractivity contribution >= 4 is 17.5 Å². The molecule has 20 heavy (non-hydrogen) atoms. The molecule has 0 saturated heterocycles. The Morgan fingerprint density at radius 2 is 2.40 bits per heavy atom. The van der Waals surface area contributed by atoms with Crippen LogP contribution in [0.1, 0.15) is 30.1 Å². The maximum absolute atomic E-state index is 11.3. The number of aromatic nitrogens is 1. The molecule has 1 aromatic heterocycles. The largest absolute Gasteiger partial charge is 0.465 e. The van der Waals surface area contributed by atoms with Crippen molar-refractivity contribution in [2.45, 2.75) is 25.8 Å². The van der Waals surface area contributed by atoms with E-state index in [4.69, 9.17) is 5.26 Å². The molecule has 0 radical (unpaired) electrons. The second-order valence-electron chi connectivity index (χ2n) is 3.95. The number of carbonyl (C=O) groups excluding carboxylic acids is 1. The fraction of sp³-hybridized carbons (Fsp3) is 0.417. The maximum Gasteiger partial charge on any atom is 0.339 e. The standard InChI is InChI=1S/C12H14N4O4/c1-3-9(4-5-13)15-11-10(16(18)19)6-8(7-14-11)12(17)20-2/h6-7,9H,3-4H2,1-2H3,(H,14,15). The van der Waals surface area contributed by atoms with E-state index in [0.29, 0.717) is 6.42 Å². The molecule has 0 amide bonds. The van der Waals surface area contributed by atoms with Crippen molar-refractivity contribution in [3.05, 3.63) is 27.9 Å². The molecule has 0 aliphatic rings. The third-order valence-corrected chi connectivity index (χ3v) is 2.66. The minimum absolute atomic E-state index is 0.00178. The molecule has 0 spiro atoms. The minimum atomic E-state index is -0.698. The van der Waals surface area contributed by atoms with E-state index >= 15 is 0 Å². The molecule has 1 atom stereocenters. The van der Waals surface area contributed by atoms with Gasteiger partial charge in [0.05, 0.1) is 30.1 Å². The van der Waals surface area contributed by atoms with Crippen molar-refractivity contribution in [2.24, 2.45) is 0 Å². The zero-order valence-electron chi connectivity index (χ0n) is 11.1. The number of hydrogen-bond donors (Lipinski definition) is 1. The topological polar surface area (TPSA) is 118 Å². The molecule has 8 nitrogen and oxygen atoms in total. The number of ether oxygens (including phenoxy) is 1. The molecule has 1 aromatic rings. The number of methoxy groups -OCH3 is 1. The summed E-state index contributed by atoms with van der Waals surface area (Å²) in [4.78, 5) is 25.6. The monoisotopic (exact) mass is 278 g/mol. The lowest BCUT2D eigenvalue weighted by Gasteiger charge is -2.14. The minimum Gasteiger partial charge on any atom is -0.465 e. The van der Waals surface area contributed by atoms with Gasteiger partial charge in [0.15, 0.2) is 0 Å². The first kappa shape index (κ1) is 15.4. The highest BCUT2D eigenvalue weighted by atomic mass is 16.6. The molecular formula is C12H14N4O4. The van der Waals surface area contributed by atoms with E-state index in [2.05, 4.69) is 15.0 Å². The van der Waals surface area contributed by atoms with Crippen LogP contribution in [0.25, 0.3) is 0 Å². The lowest BCUT2D eigenvalue weighted by atomic mass is 10.1. The molecular weight excluding hydrogens is 264 g/mol. The van der Waals surface area contributed by atoms with Crippen LogP contribution in [0.3, 0.4) is 0 Å². The zero-order valence-corrected chi connectivity index (χ0v) is 11.1. The summed E-state index contributed by atoms with van der Waals surface area (Å²) in [6.45, 7) is 1.85. The van der Waals surface area contributed by atoms with E-state index in [1.165, 1.54) is 13.3 Å². The van der Waals surface area contributed by atoms with Gasteiger partial charge in [-0.15, -0.1) is 0 Å². The fourth-order valence-electron chi connectivity index (χ4n) is 1.53. The SMILES string of the molecule is CCC(CC#N)Nc1ncc(C(=O)OC)cc1[N+](=O)[O-]. The van der Waals surface area contributed by atoms with Gasteiger partial charge in [-0.25, -0.2) is 9.78 Å². The molecule has 1 rings (SSSR count). The number of anilines is 1. The lowest BCUT2D eigenvalue weighted by Crippen LogP contribution is -2.19. The Bertz CT molecular complexity index is 553. The highest BCUT2D eigenvalue weighted by molar-refractivity contribution is 5.90. The Morgan fingerprint density at radius 3 is 2.90 bits per heavy atom. The Labute approximate surface area is 115 Å². The summed E-state index contributed by atoms with van der Waals surface area (Å²) in [7, 11) is 1.18. The van der Waals surface area contributed by atoms with Gasteiger partial charge < -0.3 is 10.1 Å². The van der Waals surface area contributed by atoms with E-state index in [0.717, 1.165) is 6.07 Å². The summed E-state index contributed by atoms with van der Waals surface area (Å²) in [5.74, 6) is -0.666. The summed E-state index contributed by atoms with van der Waals surface area (Å²) in [5.41, 5.74) is -0.331. The van der Waals surface area contributed by atoms with Crippen LogP contribution < -0.4 is 5.32 Å². The van der Waals surface area contributed by atoms with Gasteiger partial charge in [-0.05, 0) is 6.42 Å². The Kier molecular flexibility index (Phi) is 5.41. The third-order valence-electron chi connectivity index (χ3n) is 2.66. The van der Waals surface area contributed by atoms with Gasteiger partial charge >= 0.3 is 11.7 Å². The van der Waals surface area contributed by atoms with E-state index in [-0.39, 0.29) is 29.5 Å².